The van der Waals surface area contributed by atoms with Crippen LogP contribution in [0.5, 0.6) is 0 Å². The molecule has 0 aliphatic heterocycles. The second-order valence-electron chi connectivity index (χ2n) is 5.35. The van der Waals surface area contributed by atoms with Crippen molar-refractivity contribution >= 4 is 10.8 Å². The summed E-state index contributed by atoms with van der Waals surface area (Å²) in [6.07, 6.45) is 3.44. The van der Waals surface area contributed by atoms with Gasteiger partial charge in [0.1, 0.15) is 5.82 Å². The predicted molar refractivity (Wildman–Crippen MR) is 69.8 cm³/mol. The summed E-state index contributed by atoms with van der Waals surface area (Å²) in [4.78, 5) is 0. The van der Waals surface area contributed by atoms with Gasteiger partial charge < -0.3 is 0 Å². The fourth-order valence-electron chi connectivity index (χ4n) is 2.74. The van der Waals surface area contributed by atoms with Gasteiger partial charge in [0, 0.05) is 0 Å². The third kappa shape index (κ3) is 1.95. The largest absolute Gasteiger partial charge is 0.207 e. The number of aryl methyl sites for hydroxylation is 2. The number of rotatable bonds is 2. The van der Waals surface area contributed by atoms with Crippen molar-refractivity contribution < 1.29 is 4.39 Å². The summed E-state index contributed by atoms with van der Waals surface area (Å²) in [5, 5.41) is 2.32. The third-order valence-electron chi connectivity index (χ3n) is 3.70. The molecule has 88 valence electrons. The SMILES string of the molecule is Cc1cc(C)c2c(CC3CC3)c(F)ccc2c1. The number of benzene rings is 2. The van der Waals surface area contributed by atoms with Gasteiger partial charge in [-0.05, 0) is 67.0 Å². The number of hydrogen-bond donors (Lipinski definition) is 0. The van der Waals surface area contributed by atoms with E-state index >= 15 is 0 Å². The molecule has 2 aromatic carbocycles. The van der Waals surface area contributed by atoms with E-state index in [9.17, 15) is 4.39 Å². The van der Waals surface area contributed by atoms with Gasteiger partial charge in [0.15, 0.2) is 0 Å². The van der Waals surface area contributed by atoms with Crippen LogP contribution in [0.15, 0.2) is 24.3 Å². The smallest absolute Gasteiger partial charge is 0.127 e. The van der Waals surface area contributed by atoms with Crippen molar-refractivity contribution in [3.8, 4) is 0 Å². The summed E-state index contributed by atoms with van der Waals surface area (Å²) in [5.74, 6) is 0.687. The summed E-state index contributed by atoms with van der Waals surface area (Å²) in [6, 6.07) is 7.83. The van der Waals surface area contributed by atoms with Gasteiger partial charge >= 0.3 is 0 Å². The van der Waals surface area contributed by atoms with Gasteiger partial charge in [-0.3, -0.25) is 0 Å². The van der Waals surface area contributed by atoms with E-state index in [-0.39, 0.29) is 5.82 Å². The zero-order chi connectivity index (χ0) is 12.0. The van der Waals surface area contributed by atoms with Gasteiger partial charge in [0.2, 0.25) is 0 Å². The Morgan fingerprint density at radius 3 is 2.65 bits per heavy atom. The second kappa shape index (κ2) is 3.83. The van der Waals surface area contributed by atoms with Crippen LogP contribution in [0.3, 0.4) is 0 Å². The van der Waals surface area contributed by atoms with E-state index in [1.54, 1.807) is 6.07 Å². The molecule has 0 aromatic heterocycles. The summed E-state index contributed by atoms with van der Waals surface area (Å²) in [7, 11) is 0. The van der Waals surface area contributed by atoms with Crippen molar-refractivity contribution in [2.45, 2.75) is 33.1 Å². The molecule has 1 saturated carbocycles. The Bertz CT molecular complexity index is 580. The Labute approximate surface area is 101 Å². The van der Waals surface area contributed by atoms with Gasteiger partial charge in [0.05, 0.1) is 0 Å². The van der Waals surface area contributed by atoms with Gasteiger partial charge in [0.25, 0.3) is 0 Å². The summed E-state index contributed by atoms with van der Waals surface area (Å²) < 4.78 is 14.0. The molecular weight excluding hydrogens is 211 g/mol. The Morgan fingerprint density at radius 2 is 1.94 bits per heavy atom. The van der Waals surface area contributed by atoms with Gasteiger partial charge in [-0.15, -0.1) is 0 Å². The molecule has 0 amide bonds. The lowest BCUT2D eigenvalue weighted by atomic mass is 9.94. The van der Waals surface area contributed by atoms with Crippen LogP contribution < -0.4 is 0 Å². The molecule has 1 aliphatic rings. The van der Waals surface area contributed by atoms with E-state index < -0.39 is 0 Å². The first-order valence-electron chi connectivity index (χ1n) is 6.33. The summed E-state index contributed by atoms with van der Waals surface area (Å²) >= 11 is 0. The Hall–Kier alpha value is -1.37. The minimum atomic E-state index is -0.0312. The van der Waals surface area contributed by atoms with E-state index in [0.29, 0.717) is 0 Å². The molecule has 0 N–H and O–H groups in total. The quantitative estimate of drug-likeness (QED) is 0.707. The zero-order valence-corrected chi connectivity index (χ0v) is 10.4. The Morgan fingerprint density at radius 1 is 1.18 bits per heavy atom. The molecule has 1 fully saturated rings. The molecule has 0 bridgehead atoms. The van der Waals surface area contributed by atoms with E-state index in [0.717, 1.165) is 23.3 Å². The van der Waals surface area contributed by atoms with Crippen LogP contribution in [0.2, 0.25) is 0 Å². The van der Waals surface area contributed by atoms with Crippen molar-refractivity contribution in [1.82, 2.24) is 0 Å². The van der Waals surface area contributed by atoms with Crippen LogP contribution in [-0.2, 0) is 6.42 Å². The fourth-order valence-corrected chi connectivity index (χ4v) is 2.74. The van der Waals surface area contributed by atoms with Crippen LogP contribution in [-0.4, -0.2) is 0 Å². The summed E-state index contributed by atoms with van der Waals surface area (Å²) in [6.45, 7) is 4.18. The molecule has 0 spiro atoms. The standard InChI is InChI=1S/C16H17F/c1-10-7-11(2)16-13(8-10)5-6-15(17)14(16)9-12-3-4-12/h5-8,12H,3-4,9H2,1-2H3. The molecule has 3 rings (SSSR count). The minimum absolute atomic E-state index is 0.0312. The van der Waals surface area contributed by atoms with Crippen molar-refractivity contribution in [3.05, 3.63) is 46.8 Å². The van der Waals surface area contributed by atoms with E-state index in [2.05, 4.69) is 26.0 Å². The minimum Gasteiger partial charge on any atom is -0.207 e. The lowest BCUT2D eigenvalue weighted by molar-refractivity contribution is 0.605. The lowest BCUT2D eigenvalue weighted by Gasteiger charge is -2.11. The van der Waals surface area contributed by atoms with E-state index in [1.807, 2.05) is 6.07 Å². The van der Waals surface area contributed by atoms with E-state index in [4.69, 9.17) is 0 Å². The lowest BCUT2D eigenvalue weighted by Crippen LogP contribution is -1.96. The highest BCUT2D eigenvalue weighted by atomic mass is 19.1. The zero-order valence-electron chi connectivity index (χ0n) is 10.4. The van der Waals surface area contributed by atoms with Gasteiger partial charge in [-0.25, -0.2) is 4.39 Å². The van der Waals surface area contributed by atoms with Crippen molar-refractivity contribution in [2.75, 3.05) is 0 Å². The Balaban J connectivity index is 2.25. The van der Waals surface area contributed by atoms with Crippen molar-refractivity contribution in [2.24, 2.45) is 5.92 Å². The first-order valence-corrected chi connectivity index (χ1v) is 6.33. The maximum Gasteiger partial charge on any atom is 0.127 e. The van der Waals surface area contributed by atoms with Gasteiger partial charge in [-0.1, -0.05) is 23.8 Å². The average Bonchev–Trinajstić information content (AvgIpc) is 3.06. The van der Waals surface area contributed by atoms with Crippen molar-refractivity contribution in [1.29, 1.82) is 0 Å². The first kappa shape index (κ1) is 10.8. The average molecular weight is 228 g/mol. The van der Waals surface area contributed by atoms with Crippen LogP contribution in [0.25, 0.3) is 10.8 Å². The highest BCUT2D eigenvalue weighted by Crippen LogP contribution is 2.36. The number of hydrogen-bond acceptors (Lipinski definition) is 0. The van der Waals surface area contributed by atoms with Crippen molar-refractivity contribution in [3.63, 3.8) is 0 Å². The fraction of sp³-hybridized carbons (Fsp3) is 0.375. The predicted octanol–water partition coefficient (Wildman–Crippen LogP) is 4.55. The van der Waals surface area contributed by atoms with Crippen LogP contribution in [0.4, 0.5) is 4.39 Å². The van der Waals surface area contributed by atoms with Crippen LogP contribution in [0, 0.1) is 25.6 Å². The topological polar surface area (TPSA) is 0 Å². The van der Waals surface area contributed by atoms with E-state index in [1.165, 1.54) is 29.4 Å². The number of fused-ring (bicyclic) bond motifs is 1. The molecule has 0 atom stereocenters. The monoisotopic (exact) mass is 228 g/mol. The first-order chi connectivity index (χ1) is 8.15. The molecule has 17 heavy (non-hydrogen) atoms. The molecule has 1 heteroatoms. The molecule has 1 aliphatic carbocycles. The Kier molecular flexibility index (Phi) is 2.43. The maximum absolute atomic E-state index is 14.0. The second-order valence-corrected chi connectivity index (χ2v) is 5.35. The maximum atomic E-state index is 14.0. The van der Waals surface area contributed by atoms with Crippen LogP contribution >= 0.6 is 0 Å². The highest BCUT2D eigenvalue weighted by Gasteiger charge is 2.24. The van der Waals surface area contributed by atoms with Crippen LogP contribution in [0.1, 0.15) is 29.5 Å². The van der Waals surface area contributed by atoms with Gasteiger partial charge in [-0.2, -0.15) is 0 Å². The molecule has 2 aromatic rings. The normalized spacial score (nSPS) is 15.5. The molecule has 0 nitrogen and oxygen atoms in total. The molecular formula is C16H17F. The molecule has 0 unspecified atom stereocenters. The highest BCUT2D eigenvalue weighted by molar-refractivity contribution is 5.89. The molecule has 0 saturated heterocycles. The number of halogens is 1. The third-order valence-corrected chi connectivity index (χ3v) is 3.70. The molecule has 0 heterocycles. The summed E-state index contributed by atoms with van der Waals surface area (Å²) in [5.41, 5.74) is 3.39. The molecule has 0 radical (unpaired) electrons.